The number of aliphatic imine (C=N–C) groups is 1. The van der Waals surface area contributed by atoms with Crippen molar-refractivity contribution in [2.45, 2.75) is 33.1 Å². The lowest BCUT2D eigenvalue weighted by molar-refractivity contribution is -0.143. The van der Waals surface area contributed by atoms with Crippen LogP contribution in [0, 0.1) is 0 Å². The van der Waals surface area contributed by atoms with Gasteiger partial charge >= 0.3 is 5.97 Å². The Morgan fingerprint density at radius 1 is 1.38 bits per heavy atom. The molecule has 0 saturated heterocycles. The number of guanidine groups is 1. The molecule has 0 aliphatic heterocycles. The molecule has 0 fully saturated rings. The monoisotopic (exact) mass is 295 g/mol. The first kappa shape index (κ1) is 17.1. The largest absolute Gasteiger partial charge is 0.469 e. The van der Waals surface area contributed by atoms with E-state index in [0.29, 0.717) is 26.0 Å². The van der Waals surface area contributed by atoms with Crippen molar-refractivity contribution < 1.29 is 13.9 Å². The Balaban J connectivity index is 2.23. The molecule has 6 heteroatoms. The van der Waals surface area contributed by atoms with Gasteiger partial charge in [-0.1, -0.05) is 0 Å². The van der Waals surface area contributed by atoms with Crippen molar-refractivity contribution in [2.75, 3.05) is 26.2 Å². The van der Waals surface area contributed by atoms with Crippen molar-refractivity contribution in [1.29, 1.82) is 0 Å². The van der Waals surface area contributed by atoms with Crippen LogP contribution in [0.3, 0.4) is 0 Å². The van der Waals surface area contributed by atoms with Crippen LogP contribution < -0.4 is 10.6 Å². The molecule has 0 aromatic carbocycles. The van der Waals surface area contributed by atoms with E-state index in [1.54, 1.807) is 6.26 Å². The molecule has 0 radical (unpaired) electrons. The second-order valence-corrected chi connectivity index (χ2v) is 4.43. The first-order chi connectivity index (χ1) is 10.3. The fraction of sp³-hybridized carbons (Fsp3) is 0.600. The zero-order chi connectivity index (χ0) is 15.3. The molecule has 0 aliphatic rings. The first-order valence-corrected chi connectivity index (χ1v) is 7.46. The summed E-state index contributed by atoms with van der Waals surface area (Å²) in [4.78, 5) is 15.6. The van der Waals surface area contributed by atoms with Gasteiger partial charge in [-0.15, -0.1) is 0 Å². The first-order valence-electron chi connectivity index (χ1n) is 7.46. The molecular weight excluding hydrogens is 270 g/mol. The number of furan rings is 1. The number of hydrogen-bond donors (Lipinski definition) is 2. The fourth-order valence-electron chi connectivity index (χ4n) is 1.75. The topological polar surface area (TPSA) is 75.9 Å². The Morgan fingerprint density at radius 3 is 2.90 bits per heavy atom. The Labute approximate surface area is 126 Å². The Kier molecular flexibility index (Phi) is 8.75. The molecule has 21 heavy (non-hydrogen) atoms. The molecule has 0 bridgehead atoms. The van der Waals surface area contributed by atoms with Crippen LogP contribution in [0.25, 0.3) is 0 Å². The zero-order valence-electron chi connectivity index (χ0n) is 12.9. The van der Waals surface area contributed by atoms with Crippen molar-refractivity contribution in [3.8, 4) is 0 Å². The highest BCUT2D eigenvalue weighted by molar-refractivity contribution is 5.79. The third-order valence-corrected chi connectivity index (χ3v) is 2.70. The Hall–Kier alpha value is -1.98. The smallest absolute Gasteiger partial charge is 0.305 e. The zero-order valence-corrected chi connectivity index (χ0v) is 12.9. The maximum Gasteiger partial charge on any atom is 0.305 e. The molecule has 0 unspecified atom stereocenters. The quantitative estimate of drug-likeness (QED) is 0.314. The summed E-state index contributed by atoms with van der Waals surface area (Å²) in [5.41, 5.74) is 0. The molecule has 1 heterocycles. The van der Waals surface area contributed by atoms with Gasteiger partial charge in [-0.2, -0.15) is 0 Å². The average Bonchev–Trinajstić information content (AvgIpc) is 2.97. The molecule has 0 aliphatic carbocycles. The molecule has 0 spiro atoms. The van der Waals surface area contributed by atoms with E-state index in [0.717, 1.165) is 31.2 Å². The molecule has 0 saturated carbocycles. The lowest BCUT2D eigenvalue weighted by atomic mass is 10.3. The number of rotatable bonds is 9. The van der Waals surface area contributed by atoms with Crippen LogP contribution in [0.2, 0.25) is 0 Å². The third kappa shape index (κ3) is 8.02. The molecule has 1 aromatic rings. The van der Waals surface area contributed by atoms with E-state index in [2.05, 4.69) is 15.6 Å². The predicted molar refractivity (Wildman–Crippen MR) is 82.3 cm³/mol. The summed E-state index contributed by atoms with van der Waals surface area (Å²) in [6.45, 7) is 6.39. The molecular formula is C15H25N3O3. The van der Waals surface area contributed by atoms with Crippen LogP contribution in [0.5, 0.6) is 0 Å². The molecule has 118 valence electrons. The highest BCUT2D eigenvalue weighted by atomic mass is 16.5. The second kappa shape index (κ2) is 10.8. The van der Waals surface area contributed by atoms with E-state index in [-0.39, 0.29) is 5.97 Å². The van der Waals surface area contributed by atoms with Crippen molar-refractivity contribution in [3.05, 3.63) is 24.2 Å². The molecule has 1 aromatic heterocycles. The number of ether oxygens (including phenoxy) is 1. The summed E-state index contributed by atoms with van der Waals surface area (Å²) in [6, 6.07) is 3.83. The lowest BCUT2D eigenvalue weighted by Gasteiger charge is -2.10. The van der Waals surface area contributed by atoms with Crippen LogP contribution >= 0.6 is 0 Å². The molecule has 0 atom stereocenters. The second-order valence-electron chi connectivity index (χ2n) is 4.43. The van der Waals surface area contributed by atoms with Crippen LogP contribution in [0.4, 0.5) is 0 Å². The van der Waals surface area contributed by atoms with E-state index < -0.39 is 0 Å². The lowest BCUT2D eigenvalue weighted by Crippen LogP contribution is -2.38. The van der Waals surface area contributed by atoms with E-state index >= 15 is 0 Å². The molecule has 2 N–H and O–H groups in total. The van der Waals surface area contributed by atoms with Crippen molar-refractivity contribution in [3.63, 3.8) is 0 Å². The van der Waals surface area contributed by atoms with Gasteiger partial charge in [-0.05, 0) is 32.4 Å². The van der Waals surface area contributed by atoms with Crippen LogP contribution in [0.1, 0.15) is 32.4 Å². The van der Waals surface area contributed by atoms with Gasteiger partial charge in [0.25, 0.3) is 0 Å². The highest BCUT2D eigenvalue weighted by Gasteiger charge is 2.02. The minimum atomic E-state index is -0.163. The van der Waals surface area contributed by atoms with Gasteiger partial charge in [0.2, 0.25) is 0 Å². The highest BCUT2D eigenvalue weighted by Crippen LogP contribution is 1.99. The van der Waals surface area contributed by atoms with Crippen LogP contribution in [-0.4, -0.2) is 38.2 Å². The predicted octanol–water partition coefficient (Wildman–Crippen LogP) is 1.72. The van der Waals surface area contributed by atoms with Crippen molar-refractivity contribution in [2.24, 2.45) is 4.99 Å². The van der Waals surface area contributed by atoms with E-state index in [1.807, 2.05) is 26.0 Å². The standard InChI is InChI=1S/C15H25N3O3/c1-3-16-15(17-10-5-8-14(19)20-4-2)18-11-9-13-7-6-12-21-13/h6-7,12H,3-5,8-11H2,1-2H3,(H2,16,17,18). The average molecular weight is 295 g/mol. The number of carbonyl (C=O) groups is 1. The van der Waals surface area contributed by atoms with Gasteiger partial charge in [0, 0.05) is 32.5 Å². The normalized spacial score (nSPS) is 11.2. The molecule has 0 amide bonds. The van der Waals surface area contributed by atoms with Gasteiger partial charge in [0.1, 0.15) is 5.76 Å². The van der Waals surface area contributed by atoms with Crippen LogP contribution in [0.15, 0.2) is 27.8 Å². The number of esters is 1. The number of nitrogens with one attached hydrogen (secondary N) is 2. The molecule has 6 nitrogen and oxygen atoms in total. The van der Waals surface area contributed by atoms with Crippen molar-refractivity contribution in [1.82, 2.24) is 10.6 Å². The maximum atomic E-state index is 11.2. The van der Waals surface area contributed by atoms with Gasteiger partial charge in [-0.25, -0.2) is 0 Å². The SMILES string of the molecule is CCNC(=NCCCC(=O)OCC)NCCc1ccco1. The Bertz CT molecular complexity index is 416. The maximum absolute atomic E-state index is 11.2. The van der Waals surface area contributed by atoms with E-state index in [4.69, 9.17) is 9.15 Å². The van der Waals surface area contributed by atoms with E-state index in [9.17, 15) is 4.79 Å². The summed E-state index contributed by atoms with van der Waals surface area (Å²) in [6.07, 6.45) is 3.57. The minimum absolute atomic E-state index is 0.163. The van der Waals surface area contributed by atoms with Crippen molar-refractivity contribution >= 4 is 11.9 Å². The summed E-state index contributed by atoms with van der Waals surface area (Å²) in [7, 11) is 0. The number of carbonyl (C=O) groups excluding carboxylic acids is 1. The summed E-state index contributed by atoms with van der Waals surface area (Å²) >= 11 is 0. The van der Waals surface area contributed by atoms with Gasteiger partial charge in [0.15, 0.2) is 5.96 Å². The van der Waals surface area contributed by atoms with Gasteiger partial charge < -0.3 is 19.8 Å². The summed E-state index contributed by atoms with van der Waals surface area (Å²) in [5.74, 6) is 1.54. The van der Waals surface area contributed by atoms with Crippen LogP contribution in [-0.2, 0) is 16.0 Å². The summed E-state index contributed by atoms with van der Waals surface area (Å²) < 4.78 is 10.1. The summed E-state index contributed by atoms with van der Waals surface area (Å²) in [5, 5.41) is 6.40. The van der Waals surface area contributed by atoms with Gasteiger partial charge in [0.05, 0.1) is 12.9 Å². The number of hydrogen-bond acceptors (Lipinski definition) is 4. The Morgan fingerprint density at radius 2 is 2.24 bits per heavy atom. The fourth-order valence-corrected chi connectivity index (χ4v) is 1.75. The van der Waals surface area contributed by atoms with E-state index in [1.165, 1.54) is 0 Å². The van der Waals surface area contributed by atoms with Gasteiger partial charge in [-0.3, -0.25) is 9.79 Å². The third-order valence-electron chi connectivity index (χ3n) is 2.70. The molecule has 1 rings (SSSR count). The minimum Gasteiger partial charge on any atom is -0.469 e. The number of nitrogens with zero attached hydrogens (tertiary/aromatic N) is 1.